The fourth-order valence-corrected chi connectivity index (χ4v) is 3.57. The second-order valence-corrected chi connectivity index (χ2v) is 7.13. The lowest BCUT2D eigenvalue weighted by molar-refractivity contribution is 0.0920. The number of fused-ring (bicyclic) bond motifs is 1. The third kappa shape index (κ3) is 3.55. The molecule has 4 rings (SSSR count). The molecule has 0 N–H and O–H groups in total. The molecular weight excluding hydrogens is 360 g/mol. The number of Topliss-reactive ketones (excluding diaryl/α,β-unsaturated/α-hetero) is 2. The number of aryl methyl sites for hydroxylation is 1. The number of ketones is 2. The molecule has 3 aromatic rings. The number of benzene rings is 2. The molecule has 0 saturated heterocycles. The van der Waals surface area contributed by atoms with E-state index in [0.29, 0.717) is 28.4 Å². The summed E-state index contributed by atoms with van der Waals surface area (Å²) in [5.41, 5.74) is 1.90. The van der Waals surface area contributed by atoms with E-state index < -0.39 is 0 Å². The molecule has 0 saturated carbocycles. The molecule has 0 spiro atoms. The molecule has 0 unspecified atom stereocenters. The summed E-state index contributed by atoms with van der Waals surface area (Å²) < 4.78 is 11.4. The summed E-state index contributed by atoms with van der Waals surface area (Å²) in [5, 5.41) is 1.94. The second-order valence-electron chi connectivity index (χ2n) is 6.15. The maximum absolute atomic E-state index is 12.6. The lowest BCUT2D eigenvalue weighted by Gasteiger charge is -2.08. The van der Waals surface area contributed by atoms with E-state index in [0.717, 1.165) is 10.4 Å². The Balaban J connectivity index is 1.53. The van der Waals surface area contributed by atoms with E-state index in [1.165, 1.54) is 11.3 Å². The normalized spacial score (nSPS) is 14.1. The van der Waals surface area contributed by atoms with Gasteiger partial charge in [0.25, 0.3) is 0 Å². The van der Waals surface area contributed by atoms with Gasteiger partial charge in [-0.15, -0.1) is 11.3 Å². The topological polar surface area (TPSA) is 52.6 Å². The van der Waals surface area contributed by atoms with Crippen LogP contribution in [0.25, 0.3) is 6.08 Å². The summed E-state index contributed by atoms with van der Waals surface area (Å²) >= 11 is 1.54. The van der Waals surface area contributed by atoms with Gasteiger partial charge < -0.3 is 9.47 Å². The molecule has 2 heterocycles. The Bertz CT molecular complexity index is 1030. The van der Waals surface area contributed by atoms with Gasteiger partial charge in [-0.3, -0.25) is 9.59 Å². The van der Waals surface area contributed by atoms with Crippen molar-refractivity contribution in [2.45, 2.75) is 6.92 Å². The third-order valence-electron chi connectivity index (χ3n) is 4.23. The molecule has 0 radical (unpaired) electrons. The van der Waals surface area contributed by atoms with Crippen LogP contribution in [0.4, 0.5) is 0 Å². The van der Waals surface area contributed by atoms with Gasteiger partial charge in [-0.2, -0.15) is 0 Å². The highest BCUT2D eigenvalue weighted by atomic mass is 32.1. The van der Waals surface area contributed by atoms with Gasteiger partial charge >= 0.3 is 0 Å². The Morgan fingerprint density at radius 3 is 2.70 bits per heavy atom. The molecule has 27 heavy (non-hydrogen) atoms. The maximum atomic E-state index is 12.6. The van der Waals surface area contributed by atoms with E-state index in [1.54, 1.807) is 30.3 Å². The summed E-state index contributed by atoms with van der Waals surface area (Å²) in [6.07, 6.45) is 1.74. The van der Waals surface area contributed by atoms with Gasteiger partial charge in [-0.05, 0) is 30.0 Å². The van der Waals surface area contributed by atoms with Crippen LogP contribution in [-0.2, 0) is 0 Å². The number of hydrogen-bond donors (Lipinski definition) is 0. The van der Waals surface area contributed by atoms with Crippen molar-refractivity contribution in [2.24, 2.45) is 0 Å². The van der Waals surface area contributed by atoms with Crippen LogP contribution < -0.4 is 9.47 Å². The van der Waals surface area contributed by atoms with E-state index >= 15 is 0 Å². The van der Waals surface area contributed by atoms with Crippen molar-refractivity contribution < 1.29 is 19.1 Å². The molecule has 0 bridgehead atoms. The lowest BCUT2D eigenvalue weighted by Crippen LogP contribution is -2.11. The van der Waals surface area contributed by atoms with E-state index in [4.69, 9.17) is 9.47 Å². The minimum atomic E-state index is -0.136. The average molecular weight is 376 g/mol. The van der Waals surface area contributed by atoms with E-state index in [2.05, 4.69) is 0 Å². The molecule has 134 valence electrons. The smallest absolute Gasteiger partial charge is 0.232 e. The number of allylic oxidation sites excluding steroid dienone is 1. The largest absolute Gasteiger partial charge is 0.485 e. The molecule has 5 heteroatoms. The number of thiophene rings is 1. The van der Waals surface area contributed by atoms with Gasteiger partial charge in [0.15, 0.2) is 18.1 Å². The van der Waals surface area contributed by atoms with Crippen molar-refractivity contribution in [2.75, 3.05) is 6.61 Å². The number of ether oxygens (including phenoxy) is 2. The number of hydrogen-bond acceptors (Lipinski definition) is 5. The molecular formula is C22H16O4S. The summed E-state index contributed by atoms with van der Waals surface area (Å²) in [4.78, 5) is 25.8. The van der Waals surface area contributed by atoms with Crippen molar-refractivity contribution in [1.82, 2.24) is 0 Å². The molecule has 0 atom stereocenters. The summed E-state index contributed by atoms with van der Waals surface area (Å²) in [6.45, 7) is 1.76. The molecule has 0 amide bonds. The first-order chi connectivity index (χ1) is 13.1. The first-order valence-electron chi connectivity index (χ1n) is 8.45. The third-order valence-corrected chi connectivity index (χ3v) is 5.05. The van der Waals surface area contributed by atoms with Crippen LogP contribution in [0.15, 0.2) is 65.7 Å². The fourth-order valence-electron chi connectivity index (χ4n) is 2.92. The summed E-state index contributed by atoms with van der Waals surface area (Å²) in [5.74, 6) is 1.02. The van der Waals surface area contributed by atoms with Gasteiger partial charge in [-0.25, -0.2) is 0 Å². The minimum Gasteiger partial charge on any atom is -0.485 e. The number of carbonyl (C=O) groups is 2. The standard InChI is InChI=1S/C22H16O4S/c1-14-10-16(25-13-18(23)15-6-3-2-4-7-15)11-19-21(14)22(24)20(26-19)12-17-8-5-9-27-17/h2-12H,13H2,1H3/b20-12-. The zero-order valence-corrected chi connectivity index (χ0v) is 15.4. The summed E-state index contributed by atoms with van der Waals surface area (Å²) in [6, 6.07) is 16.3. The Labute approximate surface area is 160 Å². The Hall–Kier alpha value is -3.18. The quantitative estimate of drug-likeness (QED) is 0.468. The second kappa shape index (κ2) is 7.21. The number of carbonyl (C=O) groups excluding carboxylic acids is 2. The first kappa shape index (κ1) is 17.2. The van der Waals surface area contributed by atoms with Crippen molar-refractivity contribution in [1.29, 1.82) is 0 Å². The highest BCUT2D eigenvalue weighted by Crippen LogP contribution is 2.37. The van der Waals surface area contributed by atoms with Crippen LogP contribution in [0.5, 0.6) is 11.5 Å². The molecule has 1 aromatic heterocycles. The van der Waals surface area contributed by atoms with Crippen LogP contribution in [0.1, 0.15) is 31.2 Å². The van der Waals surface area contributed by atoms with Gasteiger partial charge in [0, 0.05) is 22.6 Å². The Kier molecular flexibility index (Phi) is 4.60. The van der Waals surface area contributed by atoms with Crippen LogP contribution in [0.3, 0.4) is 0 Å². The van der Waals surface area contributed by atoms with Crippen molar-refractivity contribution in [3.63, 3.8) is 0 Å². The molecule has 1 aliphatic rings. The van der Waals surface area contributed by atoms with E-state index in [-0.39, 0.29) is 18.2 Å². The molecule has 0 aliphatic carbocycles. The molecule has 4 nitrogen and oxygen atoms in total. The van der Waals surface area contributed by atoms with Crippen molar-refractivity contribution in [3.05, 3.63) is 87.3 Å². The summed E-state index contributed by atoms with van der Waals surface area (Å²) in [7, 11) is 0. The van der Waals surface area contributed by atoms with Gasteiger partial charge in [0.2, 0.25) is 5.78 Å². The van der Waals surface area contributed by atoms with E-state index in [1.807, 2.05) is 42.6 Å². The Morgan fingerprint density at radius 2 is 1.96 bits per heavy atom. The predicted molar refractivity (Wildman–Crippen MR) is 105 cm³/mol. The van der Waals surface area contributed by atoms with Gasteiger partial charge in [-0.1, -0.05) is 36.4 Å². The van der Waals surface area contributed by atoms with Gasteiger partial charge in [0.05, 0.1) is 5.56 Å². The van der Waals surface area contributed by atoms with Crippen LogP contribution >= 0.6 is 11.3 Å². The first-order valence-corrected chi connectivity index (χ1v) is 9.33. The number of rotatable bonds is 5. The van der Waals surface area contributed by atoms with Crippen LogP contribution in [0.2, 0.25) is 0 Å². The highest BCUT2D eigenvalue weighted by molar-refractivity contribution is 7.10. The zero-order chi connectivity index (χ0) is 18.8. The van der Waals surface area contributed by atoms with Crippen molar-refractivity contribution in [3.8, 4) is 11.5 Å². The molecule has 0 fully saturated rings. The SMILES string of the molecule is Cc1cc(OCC(=O)c2ccccc2)cc2c1C(=O)/C(=C/c1cccs1)O2. The van der Waals surface area contributed by atoms with Crippen LogP contribution in [0, 0.1) is 6.92 Å². The zero-order valence-electron chi connectivity index (χ0n) is 14.6. The minimum absolute atomic E-state index is 0.0753. The molecule has 1 aliphatic heterocycles. The fraction of sp³-hybridized carbons (Fsp3) is 0.0909. The van der Waals surface area contributed by atoms with Crippen molar-refractivity contribution >= 4 is 29.0 Å². The highest BCUT2D eigenvalue weighted by Gasteiger charge is 2.30. The molecule has 2 aromatic carbocycles. The monoisotopic (exact) mass is 376 g/mol. The average Bonchev–Trinajstić information content (AvgIpc) is 3.29. The van der Waals surface area contributed by atoms with E-state index in [9.17, 15) is 9.59 Å². The maximum Gasteiger partial charge on any atom is 0.232 e. The Morgan fingerprint density at radius 1 is 1.15 bits per heavy atom. The predicted octanol–water partition coefficient (Wildman–Crippen LogP) is 4.93. The lowest BCUT2D eigenvalue weighted by atomic mass is 10.0. The van der Waals surface area contributed by atoms with Crippen LogP contribution in [-0.4, -0.2) is 18.2 Å². The van der Waals surface area contributed by atoms with Gasteiger partial charge in [0.1, 0.15) is 11.5 Å².